The SMILES string of the molecule is O=C1O[C@@]2(CCN(C(=O)C3(c4ccc(Cl)cc4)CCOCC3)C2)CN1Cc1ccccc1. The fraction of sp³-hybridized carbons (Fsp3) is 0.440. The lowest BCUT2D eigenvalue weighted by Gasteiger charge is -2.39. The first-order valence-electron chi connectivity index (χ1n) is 11.1. The number of hydrogen-bond donors (Lipinski definition) is 0. The molecule has 0 aromatic heterocycles. The third-order valence-electron chi connectivity index (χ3n) is 7.01. The lowest BCUT2D eigenvalue weighted by atomic mass is 9.73. The molecule has 6 nitrogen and oxygen atoms in total. The van der Waals surface area contributed by atoms with Gasteiger partial charge in [0.25, 0.3) is 0 Å². The summed E-state index contributed by atoms with van der Waals surface area (Å²) in [6.07, 6.45) is 1.62. The first-order valence-corrected chi connectivity index (χ1v) is 11.5. The van der Waals surface area contributed by atoms with Crippen molar-refractivity contribution in [3.63, 3.8) is 0 Å². The van der Waals surface area contributed by atoms with Crippen molar-refractivity contribution in [1.29, 1.82) is 0 Å². The van der Waals surface area contributed by atoms with Crippen LogP contribution in [0.3, 0.4) is 0 Å². The van der Waals surface area contributed by atoms with Crippen LogP contribution in [0.1, 0.15) is 30.4 Å². The fourth-order valence-corrected chi connectivity index (χ4v) is 5.39. The van der Waals surface area contributed by atoms with Crippen LogP contribution in [0.2, 0.25) is 5.02 Å². The minimum Gasteiger partial charge on any atom is -0.439 e. The molecule has 0 saturated carbocycles. The number of nitrogens with zero attached hydrogens (tertiary/aromatic N) is 2. The zero-order valence-corrected chi connectivity index (χ0v) is 18.7. The topological polar surface area (TPSA) is 59.1 Å². The standard InChI is InChI=1S/C25H27ClN2O4/c26-21-8-6-20(7-9-21)25(11-14-31-15-12-25)22(29)27-13-10-24(17-27)18-28(23(30)32-24)16-19-4-2-1-3-5-19/h1-9H,10-18H2/t24-/m1/s1. The smallest absolute Gasteiger partial charge is 0.410 e. The van der Waals surface area contributed by atoms with Crippen molar-refractivity contribution in [3.8, 4) is 0 Å². The number of carbonyl (C=O) groups is 2. The van der Waals surface area contributed by atoms with E-state index in [1.165, 1.54) is 0 Å². The van der Waals surface area contributed by atoms with Gasteiger partial charge in [0.15, 0.2) is 5.60 Å². The second kappa shape index (κ2) is 8.41. The predicted molar refractivity (Wildman–Crippen MR) is 120 cm³/mol. The van der Waals surface area contributed by atoms with Crippen LogP contribution in [0.5, 0.6) is 0 Å². The molecule has 0 unspecified atom stereocenters. The van der Waals surface area contributed by atoms with Gasteiger partial charge in [-0.1, -0.05) is 54.1 Å². The van der Waals surface area contributed by atoms with E-state index in [1.807, 2.05) is 59.5 Å². The van der Waals surface area contributed by atoms with Crippen molar-refractivity contribution in [2.24, 2.45) is 0 Å². The molecule has 3 saturated heterocycles. The second-order valence-electron chi connectivity index (χ2n) is 9.07. The maximum atomic E-state index is 13.9. The molecule has 0 radical (unpaired) electrons. The number of ether oxygens (including phenoxy) is 2. The predicted octanol–water partition coefficient (Wildman–Crippen LogP) is 4.01. The summed E-state index contributed by atoms with van der Waals surface area (Å²) in [7, 11) is 0. The van der Waals surface area contributed by atoms with E-state index < -0.39 is 11.0 Å². The van der Waals surface area contributed by atoms with Crippen LogP contribution in [-0.4, -0.2) is 60.2 Å². The number of carbonyl (C=O) groups excluding carboxylic acids is 2. The van der Waals surface area contributed by atoms with Crippen molar-refractivity contribution in [1.82, 2.24) is 9.80 Å². The average molecular weight is 455 g/mol. The van der Waals surface area contributed by atoms with Gasteiger partial charge in [-0.2, -0.15) is 0 Å². The molecule has 0 bridgehead atoms. The lowest BCUT2D eigenvalue weighted by molar-refractivity contribution is -0.141. The molecule has 1 atom stereocenters. The number of hydrogen-bond acceptors (Lipinski definition) is 4. The van der Waals surface area contributed by atoms with Crippen molar-refractivity contribution in [3.05, 3.63) is 70.7 Å². The largest absolute Gasteiger partial charge is 0.439 e. The van der Waals surface area contributed by atoms with Crippen LogP contribution < -0.4 is 0 Å². The Labute approximate surface area is 193 Å². The lowest BCUT2D eigenvalue weighted by Crippen LogP contribution is -2.50. The Balaban J connectivity index is 1.33. The molecule has 0 aliphatic carbocycles. The van der Waals surface area contributed by atoms with Gasteiger partial charge in [0.2, 0.25) is 5.91 Å². The maximum absolute atomic E-state index is 13.9. The van der Waals surface area contributed by atoms with E-state index in [4.69, 9.17) is 21.1 Å². The molecule has 7 heteroatoms. The van der Waals surface area contributed by atoms with Crippen LogP contribution in [-0.2, 0) is 26.2 Å². The van der Waals surface area contributed by atoms with Crippen molar-refractivity contribution in [2.45, 2.75) is 36.8 Å². The third-order valence-corrected chi connectivity index (χ3v) is 7.27. The monoisotopic (exact) mass is 454 g/mol. The summed E-state index contributed by atoms with van der Waals surface area (Å²) in [6, 6.07) is 17.5. The van der Waals surface area contributed by atoms with E-state index in [1.54, 1.807) is 4.90 Å². The molecule has 168 valence electrons. The normalized spacial score (nSPS) is 24.7. The molecular weight excluding hydrogens is 428 g/mol. The van der Waals surface area contributed by atoms with Gasteiger partial charge in [0.05, 0.1) is 18.5 Å². The minimum absolute atomic E-state index is 0.0950. The molecule has 2 aromatic carbocycles. The van der Waals surface area contributed by atoms with Gasteiger partial charge in [-0.25, -0.2) is 4.79 Å². The van der Waals surface area contributed by atoms with E-state index >= 15 is 0 Å². The van der Waals surface area contributed by atoms with Crippen LogP contribution in [0.4, 0.5) is 4.79 Å². The van der Waals surface area contributed by atoms with Gasteiger partial charge in [0, 0.05) is 37.7 Å². The van der Waals surface area contributed by atoms with Crippen molar-refractivity contribution < 1.29 is 19.1 Å². The Bertz CT molecular complexity index is 991. The quantitative estimate of drug-likeness (QED) is 0.700. The minimum atomic E-state index is -0.631. The van der Waals surface area contributed by atoms with Gasteiger partial charge in [-0.15, -0.1) is 0 Å². The average Bonchev–Trinajstić information content (AvgIpc) is 3.36. The number of amides is 2. The Kier molecular flexibility index (Phi) is 5.59. The second-order valence-corrected chi connectivity index (χ2v) is 9.51. The Morgan fingerprint density at radius 2 is 1.69 bits per heavy atom. The highest BCUT2D eigenvalue weighted by molar-refractivity contribution is 6.30. The van der Waals surface area contributed by atoms with E-state index in [9.17, 15) is 9.59 Å². The zero-order chi connectivity index (χ0) is 22.2. The Morgan fingerprint density at radius 3 is 2.41 bits per heavy atom. The first kappa shape index (κ1) is 21.3. The maximum Gasteiger partial charge on any atom is 0.410 e. The summed E-state index contributed by atoms with van der Waals surface area (Å²) in [5.74, 6) is 0.0950. The molecule has 1 spiro atoms. The van der Waals surface area contributed by atoms with Crippen LogP contribution in [0, 0.1) is 0 Å². The van der Waals surface area contributed by atoms with Gasteiger partial charge >= 0.3 is 6.09 Å². The molecule has 3 fully saturated rings. The molecule has 5 rings (SSSR count). The zero-order valence-electron chi connectivity index (χ0n) is 18.0. The summed E-state index contributed by atoms with van der Waals surface area (Å²) in [5, 5.41) is 0.653. The first-order chi connectivity index (χ1) is 15.5. The molecule has 32 heavy (non-hydrogen) atoms. The number of halogens is 1. The number of benzene rings is 2. The third kappa shape index (κ3) is 3.86. The molecule has 3 heterocycles. The molecule has 0 N–H and O–H groups in total. The highest BCUT2D eigenvalue weighted by Crippen LogP contribution is 2.41. The summed E-state index contributed by atoms with van der Waals surface area (Å²) in [4.78, 5) is 30.1. The molecule has 2 amide bonds. The highest BCUT2D eigenvalue weighted by Gasteiger charge is 2.53. The van der Waals surface area contributed by atoms with E-state index in [-0.39, 0.29) is 12.0 Å². The highest BCUT2D eigenvalue weighted by atomic mass is 35.5. The van der Waals surface area contributed by atoms with Gasteiger partial charge in [-0.05, 0) is 36.1 Å². The number of rotatable bonds is 4. The van der Waals surface area contributed by atoms with Crippen LogP contribution in [0.25, 0.3) is 0 Å². The molecule has 3 aliphatic rings. The van der Waals surface area contributed by atoms with E-state index in [0.717, 1.165) is 11.1 Å². The summed E-state index contributed by atoms with van der Waals surface area (Å²) in [5.41, 5.74) is 0.788. The van der Waals surface area contributed by atoms with Gasteiger partial charge < -0.3 is 14.4 Å². The fourth-order valence-electron chi connectivity index (χ4n) is 5.27. The van der Waals surface area contributed by atoms with Crippen LogP contribution >= 0.6 is 11.6 Å². The van der Waals surface area contributed by atoms with Crippen molar-refractivity contribution in [2.75, 3.05) is 32.8 Å². The van der Waals surface area contributed by atoms with Crippen LogP contribution in [0.15, 0.2) is 54.6 Å². The summed E-state index contributed by atoms with van der Waals surface area (Å²) in [6.45, 7) is 3.13. The molecule has 2 aromatic rings. The summed E-state index contributed by atoms with van der Waals surface area (Å²) < 4.78 is 11.5. The molecule has 3 aliphatic heterocycles. The van der Waals surface area contributed by atoms with E-state index in [2.05, 4.69) is 0 Å². The van der Waals surface area contributed by atoms with Gasteiger partial charge in [-0.3, -0.25) is 9.69 Å². The summed E-state index contributed by atoms with van der Waals surface area (Å²) >= 11 is 6.10. The number of likely N-dealkylation sites (tertiary alicyclic amines) is 1. The Hall–Kier alpha value is -2.57. The van der Waals surface area contributed by atoms with Crippen molar-refractivity contribution >= 4 is 23.6 Å². The van der Waals surface area contributed by atoms with Gasteiger partial charge in [0.1, 0.15) is 0 Å². The molecular formula is C25H27ClN2O4. The van der Waals surface area contributed by atoms with E-state index in [0.29, 0.717) is 63.7 Å². The Morgan fingerprint density at radius 1 is 0.969 bits per heavy atom.